The molecule has 3 heterocycles. The monoisotopic (exact) mass is 591 g/mol. The molecule has 2 aliphatic heterocycles. The van der Waals surface area contributed by atoms with Gasteiger partial charge in [0, 0.05) is 57.2 Å². The van der Waals surface area contributed by atoms with Crippen LogP contribution in [-0.4, -0.2) is 90.2 Å². The number of imide groups is 1. The molecule has 0 radical (unpaired) electrons. The number of benzene rings is 2. The number of carbonyl (C=O) groups excluding carboxylic acids is 3. The van der Waals surface area contributed by atoms with Crippen molar-refractivity contribution < 1.29 is 28.3 Å². The quantitative estimate of drug-likeness (QED) is 0.323. The Hall–Kier alpha value is -4.59. The highest BCUT2D eigenvalue weighted by Crippen LogP contribution is 2.24. The summed E-state index contributed by atoms with van der Waals surface area (Å²) in [6, 6.07) is 14.5. The lowest BCUT2D eigenvalue weighted by Gasteiger charge is -2.36. The highest BCUT2D eigenvalue weighted by atomic mass is 19.1. The second-order valence-corrected chi connectivity index (χ2v) is 10.3. The Morgan fingerprint density at radius 1 is 0.814 bits per heavy atom. The van der Waals surface area contributed by atoms with E-state index in [1.54, 1.807) is 41.5 Å². The lowest BCUT2D eigenvalue weighted by molar-refractivity contribution is -0.119. The minimum absolute atomic E-state index is 0.0585. The number of hydroxylamine groups is 2. The topological polar surface area (TPSA) is 128 Å². The number of piperazine rings is 1. The lowest BCUT2D eigenvalue weighted by atomic mass is 10.1. The molecule has 2 saturated heterocycles. The van der Waals surface area contributed by atoms with Crippen LogP contribution in [0, 0.1) is 5.82 Å². The molecule has 2 aromatic carbocycles. The Bertz CT molecular complexity index is 1390. The van der Waals surface area contributed by atoms with Crippen molar-refractivity contribution in [2.24, 2.45) is 0 Å². The van der Waals surface area contributed by atoms with Gasteiger partial charge in [0.05, 0.1) is 6.42 Å². The van der Waals surface area contributed by atoms with Crippen LogP contribution in [0.4, 0.5) is 25.5 Å². The van der Waals surface area contributed by atoms with Crippen molar-refractivity contribution in [2.45, 2.75) is 12.8 Å². The molecule has 0 atom stereocenters. The zero-order valence-corrected chi connectivity index (χ0v) is 23.6. The first-order valence-electron chi connectivity index (χ1n) is 14.2. The van der Waals surface area contributed by atoms with E-state index in [1.165, 1.54) is 50.0 Å². The molecule has 0 bridgehead atoms. The predicted molar refractivity (Wildman–Crippen MR) is 157 cm³/mol. The summed E-state index contributed by atoms with van der Waals surface area (Å²) in [5, 5.41) is 9.10. The molecule has 43 heavy (non-hydrogen) atoms. The zero-order chi connectivity index (χ0) is 30.0. The lowest BCUT2D eigenvalue weighted by Crippen LogP contribution is -2.50. The van der Waals surface area contributed by atoms with E-state index < -0.39 is 23.8 Å². The maximum Gasteiger partial charge on any atom is 0.431 e. The van der Waals surface area contributed by atoms with Crippen LogP contribution < -0.4 is 20.7 Å². The van der Waals surface area contributed by atoms with Crippen molar-refractivity contribution in [3.05, 3.63) is 78.2 Å². The molecular weight excluding hydrogens is 557 g/mol. The fraction of sp³-hybridized carbons (Fsp3) is 0.333. The Morgan fingerprint density at radius 2 is 1.51 bits per heavy atom. The van der Waals surface area contributed by atoms with E-state index in [2.05, 4.69) is 30.7 Å². The van der Waals surface area contributed by atoms with Gasteiger partial charge in [-0.3, -0.25) is 20.3 Å². The molecule has 0 unspecified atom stereocenters. The standard InChI is InChI=1S/C30H34FN7O5/c31-23-4-2-22(3-5-23)20-28(39)35-29(40)33-24-6-8-25(9-7-24)42-26-10-11-32-27(21-26)34-30(41)43-38-18-16-37(17-19-38)15-14-36-12-1-13-36/h2-11,21H,1,12-20H2,(H,32,34,41)(H2,33,35,39,40). The van der Waals surface area contributed by atoms with Crippen molar-refractivity contribution in [1.82, 2.24) is 25.2 Å². The Kier molecular flexibility index (Phi) is 10.1. The average molecular weight is 592 g/mol. The van der Waals surface area contributed by atoms with Crippen LogP contribution in [-0.2, 0) is 16.1 Å². The summed E-state index contributed by atoms with van der Waals surface area (Å²) in [4.78, 5) is 51.1. The van der Waals surface area contributed by atoms with E-state index in [9.17, 15) is 18.8 Å². The number of halogens is 1. The molecule has 3 N–H and O–H groups in total. The normalized spacial score (nSPS) is 15.7. The van der Waals surface area contributed by atoms with Crippen molar-refractivity contribution in [3.8, 4) is 11.5 Å². The Morgan fingerprint density at radius 3 is 2.19 bits per heavy atom. The number of rotatable bonds is 10. The second kappa shape index (κ2) is 14.5. The van der Waals surface area contributed by atoms with Crippen LogP contribution in [0.3, 0.4) is 0 Å². The van der Waals surface area contributed by atoms with Gasteiger partial charge in [-0.2, -0.15) is 0 Å². The van der Waals surface area contributed by atoms with Crippen molar-refractivity contribution in [3.63, 3.8) is 0 Å². The molecule has 2 fully saturated rings. The number of amides is 4. The highest BCUT2D eigenvalue weighted by molar-refractivity contribution is 6.01. The molecule has 13 heteroatoms. The van der Waals surface area contributed by atoms with Gasteiger partial charge in [0.25, 0.3) is 0 Å². The largest absolute Gasteiger partial charge is 0.457 e. The molecular formula is C30H34FN7O5. The van der Waals surface area contributed by atoms with Crippen LogP contribution in [0.5, 0.6) is 11.5 Å². The molecule has 1 aromatic heterocycles. The van der Waals surface area contributed by atoms with E-state index in [0.29, 0.717) is 35.8 Å². The third-order valence-corrected chi connectivity index (χ3v) is 7.06. The van der Waals surface area contributed by atoms with Gasteiger partial charge >= 0.3 is 12.1 Å². The molecule has 12 nitrogen and oxygen atoms in total. The van der Waals surface area contributed by atoms with Crippen LogP contribution in [0.15, 0.2) is 66.9 Å². The maximum absolute atomic E-state index is 13.0. The number of carbonyl (C=O) groups is 3. The summed E-state index contributed by atoms with van der Waals surface area (Å²) >= 11 is 0. The predicted octanol–water partition coefficient (Wildman–Crippen LogP) is 3.69. The number of nitrogens with zero attached hydrogens (tertiary/aromatic N) is 4. The van der Waals surface area contributed by atoms with Crippen LogP contribution in [0.25, 0.3) is 0 Å². The fourth-order valence-electron chi connectivity index (χ4n) is 4.58. The fourth-order valence-corrected chi connectivity index (χ4v) is 4.58. The van der Waals surface area contributed by atoms with E-state index in [4.69, 9.17) is 9.57 Å². The minimum atomic E-state index is -0.693. The number of likely N-dealkylation sites (tertiary alicyclic amines) is 1. The van der Waals surface area contributed by atoms with E-state index >= 15 is 0 Å². The smallest absolute Gasteiger partial charge is 0.431 e. The van der Waals surface area contributed by atoms with Gasteiger partial charge in [-0.1, -0.05) is 12.1 Å². The number of hydrogen-bond acceptors (Lipinski definition) is 9. The number of aromatic nitrogens is 1. The van der Waals surface area contributed by atoms with Gasteiger partial charge in [-0.25, -0.2) is 19.0 Å². The van der Waals surface area contributed by atoms with Crippen molar-refractivity contribution in [2.75, 3.05) is 63.0 Å². The van der Waals surface area contributed by atoms with Gasteiger partial charge in [-0.05, 0) is 67.5 Å². The molecule has 2 aliphatic rings. The third-order valence-electron chi connectivity index (χ3n) is 7.06. The summed E-state index contributed by atoms with van der Waals surface area (Å²) in [6.45, 7) is 7.49. The minimum Gasteiger partial charge on any atom is -0.457 e. The highest BCUT2D eigenvalue weighted by Gasteiger charge is 2.22. The number of hydrogen-bond donors (Lipinski definition) is 3. The molecule has 0 saturated carbocycles. The summed E-state index contributed by atoms with van der Waals surface area (Å²) < 4.78 is 18.9. The summed E-state index contributed by atoms with van der Waals surface area (Å²) in [5.74, 6) is 0.264. The number of nitrogens with one attached hydrogen (secondary N) is 3. The van der Waals surface area contributed by atoms with Gasteiger partial charge in [0.1, 0.15) is 23.1 Å². The average Bonchev–Trinajstić information content (AvgIpc) is 2.95. The summed E-state index contributed by atoms with van der Waals surface area (Å²) in [6.07, 6.45) is 2.12. The molecule has 0 spiro atoms. The Labute approximate surface area is 248 Å². The van der Waals surface area contributed by atoms with E-state index in [0.717, 1.165) is 26.2 Å². The van der Waals surface area contributed by atoms with Gasteiger partial charge in [-0.15, -0.1) is 5.06 Å². The number of ether oxygens (including phenoxy) is 1. The summed E-state index contributed by atoms with van der Waals surface area (Å²) in [5.41, 5.74) is 1.03. The van der Waals surface area contributed by atoms with Gasteiger partial charge in [0.15, 0.2) is 0 Å². The van der Waals surface area contributed by atoms with Crippen LogP contribution >= 0.6 is 0 Å². The molecule has 226 valence electrons. The van der Waals surface area contributed by atoms with Crippen LogP contribution in [0.2, 0.25) is 0 Å². The second-order valence-electron chi connectivity index (χ2n) is 10.3. The molecule has 4 amide bonds. The number of pyridine rings is 1. The first kappa shape index (κ1) is 29.9. The molecule has 0 aliphatic carbocycles. The third kappa shape index (κ3) is 9.46. The van der Waals surface area contributed by atoms with Gasteiger partial charge < -0.3 is 19.8 Å². The van der Waals surface area contributed by atoms with E-state index in [-0.39, 0.29) is 12.2 Å². The maximum atomic E-state index is 13.0. The number of urea groups is 1. The Balaban J connectivity index is 1.03. The number of anilines is 2. The zero-order valence-electron chi connectivity index (χ0n) is 23.6. The first-order chi connectivity index (χ1) is 20.9. The van der Waals surface area contributed by atoms with Gasteiger partial charge in [0.2, 0.25) is 5.91 Å². The van der Waals surface area contributed by atoms with E-state index in [1.807, 2.05) is 0 Å². The SMILES string of the molecule is O=C(Cc1ccc(F)cc1)NC(=O)Nc1ccc(Oc2ccnc(NC(=O)ON3CCN(CCN4CCC4)CC3)c2)cc1. The molecule has 5 rings (SSSR count). The van der Waals surface area contributed by atoms with Crippen molar-refractivity contribution in [1.29, 1.82) is 0 Å². The first-order valence-corrected chi connectivity index (χ1v) is 14.2. The summed E-state index contributed by atoms with van der Waals surface area (Å²) in [7, 11) is 0. The molecule has 3 aromatic rings. The van der Waals surface area contributed by atoms with Crippen LogP contribution in [0.1, 0.15) is 12.0 Å². The van der Waals surface area contributed by atoms with Crippen molar-refractivity contribution >= 4 is 29.5 Å².